The average molecular weight is 600 g/mol. The van der Waals surface area contributed by atoms with Crippen molar-refractivity contribution >= 4 is 91.0 Å². The Kier molecular flexibility index (Phi) is 6.10. The third kappa shape index (κ3) is 3.25. The first-order chi connectivity index (χ1) is 8.73. The van der Waals surface area contributed by atoms with Gasteiger partial charge in [-0.3, -0.25) is 4.79 Å². The van der Waals surface area contributed by atoms with Crippen molar-refractivity contribution in [2.24, 2.45) is 0 Å². The smallest absolute Gasteiger partial charge is 0.338 e. The standard InChI is InChI=1S/C11H11I3N2O3/c1-3-4(17)16(2)10-7(13)5(11(18)19)6(12)9(15)8(10)14/h3,15H2,1-2H3,(H,18,19). The highest BCUT2D eigenvalue weighted by molar-refractivity contribution is 14.1. The van der Waals surface area contributed by atoms with E-state index >= 15 is 0 Å². The molecule has 1 amide bonds. The zero-order valence-corrected chi connectivity index (χ0v) is 16.6. The fourth-order valence-electron chi connectivity index (χ4n) is 1.51. The summed E-state index contributed by atoms with van der Waals surface area (Å²) in [6.07, 6.45) is 0.344. The molecule has 0 saturated heterocycles. The summed E-state index contributed by atoms with van der Waals surface area (Å²) in [4.78, 5) is 24.6. The van der Waals surface area contributed by atoms with E-state index in [0.29, 0.717) is 28.5 Å². The number of nitrogens with zero attached hydrogens (tertiary/aromatic N) is 1. The first-order valence-electron chi connectivity index (χ1n) is 5.19. The molecule has 0 spiro atoms. The summed E-state index contributed by atoms with van der Waals surface area (Å²) < 4.78 is 1.72. The molecular formula is C11H11I3N2O3. The number of nitrogen functional groups attached to an aromatic ring is 1. The van der Waals surface area contributed by atoms with E-state index in [0.717, 1.165) is 0 Å². The monoisotopic (exact) mass is 600 g/mol. The Morgan fingerprint density at radius 2 is 1.74 bits per heavy atom. The molecular weight excluding hydrogens is 589 g/mol. The number of halogens is 3. The molecule has 0 unspecified atom stereocenters. The maximum atomic E-state index is 11.8. The Hall–Kier alpha value is 0.150. The van der Waals surface area contributed by atoms with Gasteiger partial charge in [0.25, 0.3) is 0 Å². The van der Waals surface area contributed by atoms with Crippen LogP contribution in [0.4, 0.5) is 11.4 Å². The number of carbonyl (C=O) groups is 2. The van der Waals surface area contributed by atoms with E-state index in [4.69, 9.17) is 5.73 Å². The van der Waals surface area contributed by atoms with Crippen molar-refractivity contribution in [3.63, 3.8) is 0 Å². The molecule has 3 N–H and O–H groups in total. The van der Waals surface area contributed by atoms with Crippen molar-refractivity contribution in [1.29, 1.82) is 0 Å². The molecule has 19 heavy (non-hydrogen) atoms. The number of rotatable bonds is 3. The number of nitrogens with two attached hydrogens (primary N) is 1. The van der Waals surface area contributed by atoms with Crippen molar-refractivity contribution in [2.45, 2.75) is 13.3 Å². The van der Waals surface area contributed by atoms with Crippen molar-refractivity contribution in [3.8, 4) is 0 Å². The summed E-state index contributed by atoms with van der Waals surface area (Å²) in [5, 5.41) is 9.29. The Labute approximate surface area is 151 Å². The van der Waals surface area contributed by atoms with Gasteiger partial charge in [0.15, 0.2) is 0 Å². The van der Waals surface area contributed by atoms with Crippen LogP contribution in [0, 0.1) is 10.7 Å². The third-order valence-electron chi connectivity index (χ3n) is 2.55. The predicted octanol–water partition coefficient (Wildman–Crippen LogP) is 3.15. The average Bonchev–Trinajstić information content (AvgIpc) is 2.34. The zero-order valence-electron chi connectivity index (χ0n) is 10.1. The van der Waals surface area contributed by atoms with Crippen LogP contribution in [-0.2, 0) is 4.79 Å². The van der Waals surface area contributed by atoms with E-state index in [9.17, 15) is 14.7 Å². The molecule has 0 saturated carbocycles. The van der Waals surface area contributed by atoms with Crippen LogP contribution < -0.4 is 10.6 Å². The SMILES string of the molecule is CCC(=O)N(C)c1c(I)c(N)c(I)c(C(=O)O)c1I. The normalized spacial score (nSPS) is 10.4. The number of aromatic carboxylic acids is 1. The number of amides is 1. The van der Waals surface area contributed by atoms with E-state index in [-0.39, 0.29) is 11.5 Å². The van der Waals surface area contributed by atoms with Crippen LogP contribution in [0.25, 0.3) is 0 Å². The number of hydrogen-bond acceptors (Lipinski definition) is 3. The summed E-state index contributed by atoms with van der Waals surface area (Å²) in [7, 11) is 1.63. The van der Waals surface area contributed by atoms with E-state index in [1.165, 1.54) is 4.90 Å². The maximum absolute atomic E-state index is 11.8. The van der Waals surface area contributed by atoms with Gasteiger partial charge in [0.05, 0.1) is 27.6 Å². The van der Waals surface area contributed by atoms with Crippen LogP contribution >= 0.6 is 67.8 Å². The molecule has 0 aromatic heterocycles. The molecule has 1 aromatic carbocycles. The van der Waals surface area contributed by atoms with Gasteiger partial charge in [0.2, 0.25) is 5.91 Å². The van der Waals surface area contributed by atoms with Crippen LogP contribution in [0.5, 0.6) is 0 Å². The molecule has 1 rings (SSSR count). The van der Waals surface area contributed by atoms with E-state index in [1.807, 2.05) is 67.8 Å². The molecule has 0 fully saturated rings. The van der Waals surface area contributed by atoms with Crippen molar-refractivity contribution in [1.82, 2.24) is 0 Å². The zero-order chi connectivity index (χ0) is 14.9. The highest BCUT2D eigenvalue weighted by Gasteiger charge is 2.26. The van der Waals surface area contributed by atoms with Gasteiger partial charge in [-0.05, 0) is 67.8 Å². The second-order valence-electron chi connectivity index (χ2n) is 3.69. The molecule has 0 atom stereocenters. The maximum Gasteiger partial charge on any atom is 0.338 e. The minimum atomic E-state index is -1.05. The number of benzene rings is 1. The first kappa shape index (κ1) is 17.2. The van der Waals surface area contributed by atoms with Crippen LogP contribution in [0.15, 0.2) is 0 Å². The summed E-state index contributed by atoms with van der Waals surface area (Å²) in [5.74, 6) is -1.14. The second kappa shape index (κ2) is 6.74. The van der Waals surface area contributed by atoms with Crippen LogP contribution in [0.2, 0.25) is 0 Å². The molecule has 0 aliphatic carbocycles. The Bertz CT molecular complexity index is 561. The lowest BCUT2D eigenvalue weighted by Crippen LogP contribution is -2.28. The fourth-order valence-corrected chi connectivity index (χ4v) is 5.87. The number of carboxylic acids is 1. The molecule has 5 nitrogen and oxygen atoms in total. The van der Waals surface area contributed by atoms with Gasteiger partial charge in [-0.25, -0.2) is 4.79 Å². The minimum Gasteiger partial charge on any atom is -0.478 e. The van der Waals surface area contributed by atoms with Gasteiger partial charge in [-0.1, -0.05) is 6.92 Å². The van der Waals surface area contributed by atoms with Crippen LogP contribution in [-0.4, -0.2) is 24.0 Å². The number of hydrogen-bond donors (Lipinski definition) is 2. The topological polar surface area (TPSA) is 83.6 Å². The van der Waals surface area contributed by atoms with Gasteiger partial charge < -0.3 is 15.7 Å². The summed E-state index contributed by atoms with van der Waals surface area (Å²) >= 11 is 5.91. The lowest BCUT2D eigenvalue weighted by atomic mass is 10.1. The molecule has 104 valence electrons. The molecule has 0 aliphatic rings. The molecule has 0 heterocycles. The molecule has 8 heteroatoms. The van der Waals surface area contributed by atoms with Gasteiger partial charge in [-0.2, -0.15) is 0 Å². The van der Waals surface area contributed by atoms with Crippen molar-refractivity contribution in [3.05, 3.63) is 16.3 Å². The molecule has 0 radical (unpaired) electrons. The molecule has 0 bridgehead atoms. The lowest BCUT2D eigenvalue weighted by Gasteiger charge is -2.23. The van der Waals surface area contributed by atoms with Gasteiger partial charge in [0.1, 0.15) is 0 Å². The van der Waals surface area contributed by atoms with Crippen molar-refractivity contribution in [2.75, 3.05) is 17.7 Å². The number of anilines is 2. The minimum absolute atomic E-state index is 0.0900. The van der Waals surface area contributed by atoms with E-state index in [1.54, 1.807) is 14.0 Å². The van der Waals surface area contributed by atoms with Gasteiger partial charge >= 0.3 is 5.97 Å². The molecule has 0 aliphatic heterocycles. The number of carbonyl (C=O) groups excluding carboxylic acids is 1. The Balaban J connectivity index is 3.66. The summed E-state index contributed by atoms with van der Waals surface area (Å²) in [6.45, 7) is 1.76. The van der Waals surface area contributed by atoms with Crippen LogP contribution in [0.1, 0.15) is 23.7 Å². The Morgan fingerprint density at radius 1 is 1.21 bits per heavy atom. The Morgan fingerprint density at radius 3 is 2.16 bits per heavy atom. The van der Waals surface area contributed by atoms with E-state index in [2.05, 4.69) is 0 Å². The number of carboxylic acid groups (broad SMARTS) is 1. The quantitative estimate of drug-likeness (QED) is 0.413. The van der Waals surface area contributed by atoms with Gasteiger partial charge in [-0.15, -0.1) is 0 Å². The lowest BCUT2D eigenvalue weighted by molar-refractivity contribution is -0.118. The van der Waals surface area contributed by atoms with E-state index < -0.39 is 5.97 Å². The fraction of sp³-hybridized carbons (Fsp3) is 0.273. The highest BCUT2D eigenvalue weighted by Crippen LogP contribution is 2.38. The second-order valence-corrected chi connectivity index (χ2v) is 6.93. The van der Waals surface area contributed by atoms with Gasteiger partial charge in [0, 0.05) is 13.5 Å². The largest absolute Gasteiger partial charge is 0.478 e. The predicted molar refractivity (Wildman–Crippen MR) is 99.7 cm³/mol. The first-order valence-corrected chi connectivity index (χ1v) is 8.43. The van der Waals surface area contributed by atoms with Crippen LogP contribution in [0.3, 0.4) is 0 Å². The molecule has 1 aromatic rings. The summed E-state index contributed by atoms with van der Waals surface area (Å²) in [6, 6.07) is 0. The summed E-state index contributed by atoms with van der Waals surface area (Å²) in [5.41, 5.74) is 7.05. The third-order valence-corrected chi connectivity index (χ3v) is 5.82. The van der Waals surface area contributed by atoms with Crippen molar-refractivity contribution < 1.29 is 14.7 Å². The highest BCUT2D eigenvalue weighted by atomic mass is 127.